The summed E-state index contributed by atoms with van der Waals surface area (Å²) in [5, 5.41) is 6.03. The third-order valence-corrected chi connectivity index (χ3v) is 3.23. The second kappa shape index (κ2) is 4.80. The molecule has 0 aliphatic heterocycles. The number of benzene rings is 1. The lowest BCUT2D eigenvalue weighted by Crippen LogP contribution is -2.06. The minimum Gasteiger partial charge on any atom is -0.355 e. The average Bonchev–Trinajstić information content (AvgIpc) is 2.74. The molecule has 0 spiro atoms. The normalized spacial score (nSPS) is 12.4. The number of rotatable bonds is 3. The fourth-order valence-corrected chi connectivity index (χ4v) is 2.08. The van der Waals surface area contributed by atoms with Gasteiger partial charge in [-0.25, -0.2) is 9.37 Å². The average molecular weight is 257 g/mol. The van der Waals surface area contributed by atoms with Crippen LogP contribution >= 0.6 is 22.9 Å². The zero-order valence-corrected chi connectivity index (χ0v) is 10.1. The number of nitrogens with zero attached hydrogens (tertiary/aromatic N) is 1. The van der Waals surface area contributed by atoms with E-state index >= 15 is 0 Å². The standard InChI is InChI=1S/C11H10ClFN2S/c1-7(15-11-14-4-5-16-11)8-2-3-9(12)10(13)6-8/h2-7H,1H3,(H,14,15). The lowest BCUT2D eigenvalue weighted by atomic mass is 10.1. The van der Waals surface area contributed by atoms with Crippen molar-refractivity contribution in [3.8, 4) is 0 Å². The van der Waals surface area contributed by atoms with Gasteiger partial charge in [0.2, 0.25) is 0 Å². The zero-order valence-electron chi connectivity index (χ0n) is 8.58. The van der Waals surface area contributed by atoms with Crippen LogP contribution in [0, 0.1) is 5.82 Å². The largest absolute Gasteiger partial charge is 0.355 e. The van der Waals surface area contributed by atoms with Gasteiger partial charge < -0.3 is 5.32 Å². The molecule has 84 valence electrons. The fourth-order valence-electron chi connectivity index (χ4n) is 1.34. The summed E-state index contributed by atoms with van der Waals surface area (Å²) >= 11 is 7.13. The van der Waals surface area contributed by atoms with E-state index in [0.29, 0.717) is 0 Å². The molecule has 1 atom stereocenters. The molecule has 2 nitrogen and oxygen atoms in total. The molecule has 0 saturated carbocycles. The zero-order chi connectivity index (χ0) is 11.5. The molecule has 0 aliphatic rings. The van der Waals surface area contributed by atoms with Crippen LogP contribution in [0.2, 0.25) is 5.02 Å². The molecule has 2 aromatic rings. The highest BCUT2D eigenvalue weighted by Crippen LogP contribution is 2.23. The number of halogens is 2. The molecular formula is C11H10ClFN2S. The molecule has 1 aromatic heterocycles. The highest BCUT2D eigenvalue weighted by molar-refractivity contribution is 7.13. The first-order valence-corrected chi connectivity index (χ1v) is 6.03. The molecule has 1 N–H and O–H groups in total. The van der Waals surface area contributed by atoms with Crippen LogP contribution in [-0.4, -0.2) is 4.98 Å². The highest BCUT2D eigenvalue weighted by atomic mass is 35.5. The van der Waals surface area contributed by atoms with Crippen LogP contribution in [0.5, 0.6) is 0 Å². The van der Waals surface area contributed by atoms with Gasteiger partial charge in [-0.05, 0) is 24.6 Å². The van der Waals surface area contributed by atoms with Crippen molar-refractivity contribution < 1.29 is 4.39 Å². The van der Waals surface area contributed by atoms with Gasteiger partial charge in [-0.1, -0.05) is 17.7 Å². The summed E-state index contributed by atoms with van der Waals surface area (Å²) in [5.74, 6) is -0.396. The van der Waals surface area contributed by atoms with Crippen LogP contribution in [0.3, 0.4) is 0 Å². The van der Waals surface area contributed by atoms with Crippen molar-refractivity contribution in [1.29, 1.82) is 0 Å². The first kappa shape index (κ1) is 11.4. The summed E-state index contributed by atoms with van der Waals surface area (Å²) in [6, 6.07) is 4.80. The molecule has 0 amide bonds. The van der Waals surface area contributed by atoms with Gasteiger partial charge in [0.15, 0.2) is 5.13 Å². The van der Waals surface area contributed by atoms with Gasteiger partial charge in [0.05, 0.1) is 11.1 Å². The Labute approximate surface area is 102 Å². The predicted octanol–water partition coefficient (Wildman–Crippen LogP) is 4.11. The van der Waals surface area contributed by atoms with Crippen molar-refractivity contribution in [2.24, 2.45) is 0 Å². The summed E-state index contributed by atoms with van der Waals surface area (Å²) in [7, 11) is 0. The van der Waals surface area contributed by atoms with Crippen molar-refractivity contribution in [3.63, 3.8) is 0 Å². The number of anilines is 1. The van der Waals surface area contributed by atoms with Gasteiger partial charge >= 0.3 is 0 Å². The Kier molecular flexibility index (Phi) is 3.41. The second-order valence-electron chi connectivity index (χ2n) is 3.38. The van der Waals surface area contributed by atoms with Gasteiger partial charge in [-0.15, -0.1) is 11.3 Å². The van der Waals surface area contributed by atoms with E-state index in [4.69, 9.17) is 11.6 Å². The Morgan fingerprint density at radius 3 is 2.94 bits per heavy atom. The van der Waals surface area contributed by atoms with Gasteiger partial charge in [-0.2, -0.15) is 0 Å². The summed E-state index contributed by atoms with van der Waals surface area (Å²) in [4.78, 5) is 4.11. The fraction of sp³-hybridized carbons (Fsp3) is 0.182. The molecule has 2 rings (SSSR count). The van der Waals surface area contributed by atoms with Crippen LogP contribution in [0.4, 0.5) is 9.52 Å². The van der Waals surface area contributed by atoms with E-state index in [2.05, 4.69) is 10.3 Å². The van der Waals surface area contributed by atoms with Crippen molar-refractivity contribution >= 4 is 28.1 Å². The molecule has 16 heavy (non-hydrogen) atoms. The van der Waals surface area contributed by atoms with E-state index in [1.807, 2.05) is 12.3 Å². The topological polar surface area (TPSA) is 24.9 Å². The van der Waals surface area contributed by atoms with E-state index in [0.717, 1.165) is 10.7 Å². The molecule has 5 heteroatoms. The van der Waals surface area contributed by atoms with Gasteiger partial charge in [-0.3, -0.25) is 0 Å². The number of hydrogen-bond acceptors (Lipinski definition) is 3. The highest BCUT2D eigenvalue weighted by Gasteiger charge is 2.09. The Hall–Kier alpha value is -1.13. The minimum atomic E-state index is -0.396. The van der Waals surface area contributed by atoms with Crippen LogP contribution in [-0.2, 0) is 0 Å². The second-order valence-corrected chi connectivity index (χ2v) is 4.68. The summed E-state index contributed by atoms with van der Waals surface area (Å²) in [6.45, 7) is 1.95. The van der Waals surface area contributed by atoms with Crippen LogP contribution < -0.4 is 5.32 Å². The molecule has 1 aromatic carbocycles. The summed E-state index contributed by atoms with van der Waals surface area (Å²) < 4.78 is 13.2. The molecular weight excluding hydrogens is 247 g/mol. The smallest absolute Gasteiger partial charge is 0.183 e. The number of nitrogens with one attached hydrogen (secondary N) is 1. The van der Waals surface area contributed by atoms with Gasteiger partial charge in [0.25, 0.3) is 0 Å². The van der Waals surface area contributed by atoms with Crippen molar-refractivity contribution in [3.05, 3.63) is 46.2 Å². The monoisotopic (exact) mass is 256 g/mol. The molecule has 0 aliphatic carbocycles. The Morgan fingerprint density at radius 1 is 1.50 bits per heavy atom. The van der Waals surface area contributed by atoms with Crippen LogP contribution in [0.25, 0.3) is 0 Å². The maximum atomic E-state index is 13.2. The maximum absolute atomic E-state index is 13.2. The molecule has 1 heterocycles. The number of thiazole rings is 1. The van der Waals surface area contributed by atoms with Crippen LogP contribution in [0.15, 0.2) is 29.8 Å². The third-order valence-electron chi connectivity index (χ3n) is 2.22. The van der Waals surface area contributed by atoms with Crippen molar-refractivity contribution in [1.82, 2.24) is 4.98 Å². The van der Waals surface area contributed by atoms with Crippen LogP contribution in [0.1, 0.15) is 18.5 Å². The van der Waals surface area contributed by atoms with E-state index in [-0.39, 0.29) is 11.1 Å². The summed E-state index contributed by atoms with van der Waals surface area (Å²) in [6.07, 6.45) is 1.72. The number of aromatic nitrogens is 1. The molecule has 0 saturated heterocycles. The Morgan fingerprint density at radius 2 is 2.31 bits per heavy atom. The summed E-state index contributed by atoms with van der Waals surface area (Å²) in [5.41, 5.74) is 0.845. The SMILES string of the molecule is CC(Nc1nccs1)c1ccc(Cl)c(F)c1. The number of hydrogen-bond donors (Lipinski definition) is 1. The molecule has 0 fully saturated rings. The lowest BCUT2D eigenvalue weighted by molar-refractivity contribution is 0.624. The van der Waals surface area contributed by atoms with E-state index in [1.54, 1.807) is 18.3 Å². The van der Waals surface area contributed by atoms with E-state index < -0.39 is 5.82 Å². The Balaban J connectivity index is 2.14. The molecule has 1 unspecified atom stereocenters. The van der Waals surface area contributed by atoms with Crippen molar-refractivity contribution in [2.45, 2.75) is 13.0 Å². The quantitative estimate of drug-likeness (QED) is 0.894. The van der Waals surface area contributed by atoms with E-state index in [1.165, 1.54) is 17.4 Å². The molecule has 0 bridgehead atoms. The minimum absolute atomic E-state index is 0.00193. The first-order valence-electron chi connectivity index (χ1n) is 4.78. The third kappa shape index (κ3) is 2.51. The predicted molar refractivity (Wildman–Crippen MR) is 65.6 cm³/mol. The molecule has 0 radical (unpaired) electrons. The lowest BCUT2D eigenvalue weighted by Gasteiger charge is -2.13. The van der Waals surface area contributed by atoms with Gasteiger partial charge in [0, 0.05) is 11.6 Å². The van der Waals surface area contributed by atoms with Gasteiger partial charge in [0.1, 0.15) is 5.82 Å². The Bertz CT molecular complexity index is 473. The first-order chi connectivity index (χ1) is 7.66. The van der Waals surface area contributed by atoms with E-state index in [9.17, 15) is 4.39 Å². The maximum Gasteiger partial charge on any atom is 0.183 e. The van der Waals surface area contributed by atoms with Crippen molar-refractivity contribution in [2.75, 3.05) is 5.32 Å².